The topological polar surface area (TPSA) is 33.7 Å². The normalized spacial score (nSPS) is 26.1. The molecule has 1 aliphatic heterocycles. The Morgan fingerprint density at radius 1 is 1.27 bits per heavy atom. The molecule has 1 fully saturated rings. The summed E-state index contributed by atoms with van der Waals surface area (Å²) >= 11 is 5.30. The molecule has 1 saturated heterocycles. The van der Waals surface area contributed by atoms with E-state index in [1.165, 1.54) is 0 Å². The molecule has 88 valence electrons. The van der Waals surface area contributed by atoms with Crippen LogP contribution in [0, 0.1) is 0 Å². The predicted octanol–water partition coefficient (Wildman–Crippen LogP) is 0.615. The van der Waals surface area contributed by atoms with Crippen LogP contribution < -0.4 is 5.32 Å². The number of hydrogen-bond donors (Lipinski definition) is 1. The molecule has 1 N–H and O–H groups in total. The number of likely N-dealkylation sites (tertiary alicyclic amines) is 1. The van der Waals surface area contributed by atoms with Crippen LogP contribution in [0.4, 0.5) is 0 Å². The number of rotatable bonds is 3. The Labute approximate surface area is 96.9 Å². The van der Waals surface area contributed by atoms with Gasteiger partial charge in [-0.1, -0.05) is 0 Å². The highest BCUT2D eigenvalue weighted by Crippen LogP contribution is 2.15. The van der Waals surface area contributed by atoms with E-state index in [9.17, 15) is 0 Å². The molecule has 0 aliphatic carbocycles. The van der Waals surface area contributed by atoms with Crippen LogP contribution in [-0.4, -0.2) is 55.6 Å². The minimum atomic E-state index is 0.113. The maximum Gasteiger partial charge on any atom is 0.169 e. The zero-order valence-corrected chi connectivity index (χ0v) is 10.6. The lowest BCUT2D eigenvalue weighted by atomic mass is 10.3. The van der Waals surface area contributed by atoms with E-state index in [0.29, 0.717) is 6.04 Å². The monoisotopic (exact) mass is 232 g/mol. The van der Waals surface area contributed by atoms with Gasteiger partial charge in [0.15, 0.2) is 5.11 Å². The molecule has 0 spiro atoms. The third-order valence-corrected chi connectivity index (χ3v) is 2.90. The van der Waals surface area contributed by atoms with Crippen molar-refractivity contribution < 1.29 is 9.47 Å². The molecular formula is C10H20N2O2S. The molecule has 0 amide bonds. The second-order valence-electron chi connectivity index (χ2n) is 4.06. The van der Waals surface area contributed by atoms with E-state index in [0.717, 1.165) is 18.2 Å². The van der Waals surface area contributed by atoms with Crippen molar-refractivity contribution in [1.82, 2.24) is 10.2 Å². The van der Waals surface area contributed by atoms with Crippen LogP contribution in [0.15, 0.2) is 0 Å². The first-order valence-electron chi connectivity index (χ1n) is 5.19. The average molecular weight is 232 g/mol. The molecular weight excluding hydrogens is 212 g/mol. The number of thiocarbonyl (C=S) groups is 1. The Balaban J connectivity index is 2.49. The molecule has 0 radical (unpaired) electrons. The molecule has 1 rings (SSSR count). The van der Waals surface area contributed by atoms with E-state index < -0.39 is 0 Å². The smallest absolute Gasteiger partial charge is 0.169 e. The number of ether oxygens (including phenoxy) is 2. The fraction of sp³-hybridized carbons (Fsp3) is 0.900. The van der Waals surface area contributed by atoms with E-state index in [1.807, 2.05) is 0 Å². The maximum atomic E-state index is 5.35. The van der Waals surface area contributed by atoms with Crippen molar-refractivity contribution in [2.24, 2.45) is 0 Å². The highest BCUT2D eigenvalue weighted by atomic mass is 32.1. The Morgan fingerprint density at radius 2 is 1.73 bits per heavy atom. The first kappa shape index (κ1) is 12.7. The Kier molecular flexibility index (Phi) is 4.76. The lowest BCUT2D eigenvalue weighted by Gasteiger charge is -2.21. The summed E-state index contributed by atoms with van der Waals surface area (Å²) in [5.41, 5.74) is 0. The van der Waals surface area contributed by atoms with Crippen molar-refractivity contribution >= 4 is 17.3 Å². The summed E-state index contributed by atoms with van der Waals surface area (Å²) in [5.74, 6) is 0. The van der Waals surface area contributed by atoms with Gasteiger partial charge >= 0.3 is 0 Å². The maximum absolute atomic E-state index is 5.35. The summed E-state index contributed by atoms with van der Waals surface area (Å²) in [5, 5.41) is 4.00. The van der Waals surface area contributed by atoms with E-state index >= 15 is 0 Å². The molecule has 0 aromatic carbocycles. The number of nitrogens with one attached hydrogen (secondary N) is 1. The van der Waals surface area contributed by atoms with Gasteiger partial charge < -0.3 is 19.7 Å². The Bertz CT molecular complexity index is 211. The van der Waals surface area contributed by atoms with E-state index in [-0.39, 0.29) is 12.2 Å². The molecule has 2 atom stereocenters. The van der Waals surface area contributed by atoms with Gasteiger partial charge in [-0.15, -0.1) is 0 Å². The first-order valence-corrected chi connectivity index (χ1v) is 5.60. The number of hydrogen-bond acceptors (Lipinski definition) is 3. The molecule has 1 heterocycles. The molecule has 0 bridgehead atoms. The first-order chi connectivity index (χ1) is 7.08. The summed E-state index contributed by atoms with van der Waals surface area (Å²) in [6, 6.07) is 0.361. The van der Waals surface area contributed by atoms with Crippen molar-refractivity contribution in [2.75, 3.05) is 27.3 Å². The van der Waals surface area contributed by atoms with E-state index in [4.69, 9.17) is 21.7 Å². The zero-order valence-electron chi connectivity index (χ0n) is 9.82. The third-order valence-electron chi connectivity index (χ3n) is 2.52. The zero-order chi connectivity index (χ0) is 11.4. The summed E-state index contributed by atoms with van der Waals surface area (Å²) in [4.78, 5) is 2.09. The average Bonchev–Trinajstić information content (AvgIpc) is 2.59. The number of methoxy groups -OCH3 is 2. The van der Waals surface area contributed by atoms with Crippen LogP contribution in [0.5, 0.6) is 0 Å². The SMILES string of the molecule is COC1CN(C(=S)NC(C)C)CC1OC. The lowest BCUT2D eigenvalue weighted by Crippen LogP contribution is -2.42. The van der Waals surface area contributed by atoms with Crippen LogP contribution in [0.3, 0.4) is 0 Å². The highest BCUT2D eigenvalue weighted by molar-refractivity contribution is 7.80. The summed E-state index contributed by atoms with van der Waals surface area (Å²) in [6.07, 6.45) is 0.226. The molecule has 0 aromatic heterocycles. The van der Waals surface area contributed by atoms with Crippen LogP contribution in [0.2, 0.25) is 0 Å². The second kappa shape index (κ2) is 5.63. The van der Waals surface area contributed by atoms with Gasteiger partial charge in [0.1, 0.15) is 12.2 Å². The standard InChI is InChI=1S/C10H20N2O2S/c1-7(2)11-10(15)12-5-8(13-3)9(6-12)14-4/h7-9H,5-6H2,1-4H3,(H,11,15). The highest BCUT2D eigenvalue weighted by Gasteiger charge is 2.34. The lowest BCUT2D eigenvalue weighted by molar-refractivity contribution is -0.00461. The van der Waals surface area contributed by atoms with Crippen LogP contribution in [-0.2, 0) is 9.47 Å². The summed E-state index contributed by atoms with van der Waals surface area (Å²) in [7, 11) is 3.41. The molecule has 15 heavy (non-hydrogen) atoms. The third kappa shape index (κ3) is 3.29. The van der Waals surface area contributed by atoms with Crippen LogP contribution in [0.1, 0.15) is 13.8 Å². The van der Waals surface area contributed by atoms with Gasteiger partial charge in [-0.2, -0.15) is 0 Å². The second-order valence-corrected chi connectivity index (χ2v) is 4.44. The van der Waals surface area contributed by atoms with Gasteiger partial charge in [-0.25, -0.2) is 0 Å². The predicted molar refractivity (Wildman–Crippen MR) is 64.0 cm³/mol. The molecule has 5 heteroatoms. The van der Waals surface area contributed by atoms with Gasteiger partial charge in [-0.05, 0) is 26.1 Å². The number of nitrogens with zero attached hydrogens (tertiary/aromatic N) is 1. The van der Waals surface area contributed by atoms with Crippen LogP contribution >= 0.6 is 12.2 Å². The molecule has 0 saturated carbocycles. The van der Waals surface area contributed by atoms with Gasteiger partial charge in [0.2, 0.25) is 0 Å². The molecule has 2 unspecified atom stereocenters. The van der Waals surface area contributed by atoms with Crippen molar-refractivity contribution in [1.29, 1.82) is 0 Å². The van der Waals surface area contributed by atoms with Gasteiger partial charge in [0.25, 0.3) is 0 Å². The van der Waals surface area contributed by atoms with Gasteiger partial charge in [0.05, 0.1) is 0 Å². The van der Waals surface area contributed by atoms with Gasteiger partial charge in [-0.3, -0.25) is 0 Å². The fourth-order valence-electron chi connectivity index (χ4n) is 1.70. The Hall–Kier alpha value is -0.390. The summed E-state index contributed by atoms with van der Waals surface area (Å²) < 4.78 is 10.7. The van der Waals surface area contributed by atoms with Crippen molar-refractivity contribution in [3.63, 3.8) is 0 Å². The van der Waals surface area contributed by atoms with Crippen molar-refractivity contribution in [3.8, 4) is 0 Å². The Morgan fingerprint density at radius 3 is 2.07 bits per heavy atom. The van der Waals surface area contributed by atoms with E-state index in [2.05, 4.69) is 24.1 Å². The fourth-order valence-corrected chi connectivity index (χ4v) is 2.09. The molecule has 1 aliphatic rings. The summed E-state index contributed by atoms with van der Waals surface area (Å²) in [6.45, 7) is 5.75. The minimum Gasteiger partial charge on any atom is -0.377 e. The van der Waals surface area contributed by atoms with E-state index in [1.54, 1.807) is 14.2 Å². The van der Waals surface area contributed by atoms with Crippen molar-refractivity contribution in [2.45, 2.75) is 32.1 Å². The molecule has 4 nitrogen and oxygen atoms in total. The quantitative estimate of drug-likeness (QED) is 0.721. The molecule has 0 aromatic rings. The minimum absolute atomic E-state index is 0.113. The van der Waals surface area contributed by atoms with Gasteiger partial charge in [0, 0.05) is 33.4 Å². The van der Waals surface area contributed by atoms with Crippen molar-refractivity contribution in [3.05, 3.63) is 0 Å². The largest absolute Gasteiger partial charge is 0.377 e. The van der Waals surface area contributed by atoms with Crippen LogP contribution in [0.25, 0.3) is 0 Å².